The van der Waals surface area contributed by atoms with Gasteiger partial charge < -0.3 is 9.72 Å². The van der Waals surface area contributed by atoms with E-state index >= 15 is 0 Å². The number of hydrogen-bond acceptors (Lipinski definition) is 3. The predicted molar refractivity (Wildman–Crippen MR) is 101 cm³/mol. The molecular weight excluding hydrogens is 354 g/mol. The van der Waals surface area contributed by atoms with Crippen LogP contribution in [0.25, 0.3) is 10.9 Å². The molecule has 3 aromatic rings. The van der Waals surface area contributed by atoms with Gasteiger partial charge in [0.15, 0.2) is 0 Å². The molecule has 1 aromatic heterocycles. The van der Waals surface area contributed by atoms with Crippen molar-refractivity contribution in [3.8, 4) is 5.75 Å². The number of H-pyrrole nitrogens is 1. The summed E-state index contributed by atoms with van der Waals surface area (Å²) in [5, 5.41) is 1.42. The van der Waals surface area contributed by atoms with Gasteiger partial charge in [0.05, 0.1) is 12.7 Å². The molecule has 2 amide bonds. The third-order valence-corrected chi connectivity index (χ3v) is 4.50. The van der Waals surface area contributed by atoms with Crippen molar-refractivity contribution < 1.29 is 14.3 Å². The van der Waals surface area contributed by atoms with E-state index in [1.165, 1.54) is 19.2 Å². The van der Waals surface area contributed by atoms with Crippen LogP contribution in [0.15, 0.2) is 36.4 Å². The van der Waals surface area contributed by atoms with Crippen LogP contribution in [0.3, 0.4) is 0 Å². The van der Waals surface area contributed by atoms with Crippen LogP contribution in [0.5, 0.6) is 5.75 Å². The fourth-order valence-corrected chi connectivity index (χ4v) is 2.87. The minimum absolute atomic E-state index is 0.268. The van der Waals surface area contributed by atoms with E-state index in [-0.39, 0.29) is 5.56 Å². The SMILES string of the molecule is COc1cc(Cl)ccc1C(=O)NNC(=O)c1ccc2[nH]c(C)c(C)c2c1. The molecule has 0 atom stereocenters. The molecule has 0 aliphatic rings. The number of fused-ring (bicyclic) bond motifs is 1. The number of ether oxygens (including phenoxy) is 1. The molecule has 0 unspecified atom stereocenters. The van der Waals surface area contributed by atoms with Gasteiger partial charge in [-0.15, -0.1) is 0 Å². The molecule has 0 saturated carbocycles. The molecule has 3 N–H and O–H groups in total. The van der Waals surface area contributed by atoms with Crippen LogP contribution >= 0.6 is 11.6 Å². The zero-order chi connectivity index (χ0) is 18.8. The summed E-state index contributed by atoms with van der Waals surface area (Å²) in [6.45, 7) is 3.97. The highest BCUT2D eigenvalue weighted by Crippen LogP contribution is 2.23. The Morgan fingerprint density at radius 1 is 1.04 bits per heavy atom. The van der Waals surface area contributed by atoms with Crippen LogP contribution in [0.4, 0.5) is 0 Å². The number of methoxy groups -OCH3 is 1. The van der Waals surface area contributed by atoms with Gasteiger partial charge in [-0.25, -0.2) is 0 Å². The summed E-state index contributed by atoms with van der Waals surface area (Å²) in [4.78, 5) is 27.9. The van der Waals surface area contributed by atoms with Gasteiger partial charge in [-0.3, -0.25) is 20.4 Å². The molecular formula is C19H18ClN3O3. The van der Waals surface area contributed by atoms with E-state index in [0.29, 0.717) is 16.3 Å². The summed E-state index contributed by atoms with van der Waals surface area (Å²) < 4.78 is 5.14. The summed E-state index contributed by atoms with van der Waals surface area (Å²) in [7, 11) is 1.44. The topological polar surface area (TPSA) is 83.2 Å². The molecule has 0 radical (unpaired) electrons. The number of hydrogen-bond donors (Lipinski definition) is 3. The van der Waals surface area contributed by atoms with Crippen LogP contribution in [0.1, 0.15) is 32.0 Å². The standard InChI is InChI=1S/C19H18ClN3O3/c1-10-11(2)21-16-7-4-12(8-15(10)16)18(24)22-23-19(25)14-6-5-13(20)9-17(14)26-3/h4-9,21H,1-3H3,(H,22,24)(H,23,25). The minimum Gasteiger partial charge on any atom is -0.496 e. The molecule has 6 nitrogen and oxygen atoms in total. The number of amides is 2. The molecule has 0 bridgehead atoms. The van der Waals surface area contributed by atoms with Crippen LogP contribution < -0.4 is 15.6 Å². The van der Waals surface area contributed by atoms with Crippen molar-refractivity contribution in [2.75, 3.05) is 7.11 Å². The van der Waals surface area contributed by atoms with Gasteiger partial charge in [0.25, 0.3) is 11.8 Å². The van der Waals surface area contributed by atoms with E-state index in [0.717, 1.165) is 22.2 Å². The van der Waals surface area contributed by atoms with Crippen molar-refractivity contribution in [2.24, 2.45) is 0 Å². The number of carbonyl (C=O) groups is 2. The fraction of sp³-hybridized carbons (Fsp3) is 0.158. The van der Waals surface area contributed by atoms with Crippen molar-refractivity contribution in [1.29, 1.82) is 0 Å². The van der Waals surface area contributed by atoms with E-state index in [1.54, 1.807) is 18.2 Å². The molecule has 1 heterocycles. The van der Waals surface area contributed by atoms with Crippen molar-refractivity contribution in [3.05, 3.63) is 63.8 Å². The number of hydrazine groups is 1. The lowest BCUT2D eigenvalue weighted by atomic mass is 10.1. The van der Waals surface area contributed by atoms with Gasteiger partial charge in [0.2, 0.25) is 0 Å². The van der Waals surface area contributed by atoms with Crippen molar-refractivity contribution in [3.63, 3.8) is 0 Å². The summed E-state index contributed by atoms with van der Waals surface area (Å²) in [6, 6.07) is 9.96. The lowest BCUT2D eigenvalue weighted by Crippen LogP contribution is -2.41. The lowest BCUT2D eigenvalue weighted by molar-refractivity contribution is 0.0845. The summed E-state index contributed by atoms with van der Waals surface area (Å²) in [5.41, 5.74) is 8.63. The second-order valence-electron chi connectivity index (χ2n) is 5.89. The van der Waals surface area contributed by atoms with Gasteiger partial charge in [-0.1, -0.05) is 11.6 Å². The summed E-state index contributed by atoms with van der Waals surface area (Å²) in [5.74, 6) is -0.586. The first-order chi connectivity index (χ1) is 12.4. The maximum atomic E-state index is 12.4. The molecule has 0 saturated heterocycles. The zero-order valence-corrected chi connectivity index (χ0v) is 15.3. The Hall–Kier alpha value is -2.99. The van der Waals surface area contributed by atoms with E-state index in [2.05, 4.69) is 15.8 Å². The summed E-state index contributed by atoms with van der Waals surface area (Å²) >= 11 is 5.89. The zero-order valence-electron chi connectivity index (χ0n) is 14.6. The van der Waals surface area contributed by atoms with Crippen LogP contribution in [0.2, 0.25) is 5.02 Å². The number of carbonyl (C=O) groups excluding carboxylic acids is 2. The predicted octanol–water partition coefficient (Wildman–Crippen LogP) is 3.52. The Morgan fingerprint density at radius 3 is 2.50 bits per heavy atom. The number of nitrogens with one attached hydrogen (secondary N) is 3. The average molecular weight is 372 g/mol. The number of aryl methyl sites for hydroxylation is 2. The third kappa shape index (κ3) is 3.36. The molecule has 0 fully saturated rings. The van der Waals surface area contributed by atoms with E-state index < -0.39 is 11.8 Å². The largest absolute Gasteiger partial charge is 0.496 e. The molecule has 0 aliphatic carbocycles. The maximum Gasteiger partial charge on any atom is 0.273 e. The highest BCUT2D eigenvalue weighted by atomic mass is 35.5. The molecule has 0 aliphatic heterocycles. The molecule has 0 spiro atoms. The van der Waals surface area contributed by atoms with Crippen LogP contribution in [0, 0.1) is 13.8 Å². The van der Waals surface area contributed by atoms with Gasteiger partial charge >= 0.3 is 0 Å². The van der Waals surface area contributed by atoms with Gasteiger partial charge in [0, 0.05) is 27.2 Å². The maximum absolute atomic E-state index is 12.4. The first-order valence-corrected chi connectivity index (χ1v) is 8.31. The van der Waals surface area contributed by atoms with E-state index in [1.807, 2.05) is 19.9 Å². The lowest BCUT2D eigenvalue weighted by Gasteiger charge is -2.11. The van der Waals surface area contributed by atoms with Crippen molar-refractivity contribution in [2.45, 2.75) is 13.8 Å². The number of rotatable bonds is 3. The first kappa shape index (κ1) is 17.8. The van der Waals surface area contributed by atoms with Gasteiger partial charge in [-0.2, -0.15) is 0 Å². The van der Waals surface area contributed by atoms with Crippen LogP contribution in [-0.2, 0) is 0 Å². The van der Waals surface area contributed by atoms with E-state index in [4.69, 9.17) is 16.3 Å². The van der Waals surface area contributed by atoms with Crippen LogP contribution in [-0.4, -0.2) is 23.9 Å². The molecule has 3 rings (SSSR count). The molecule has 2 aromatic carbocycles. The Kier molecular flexibility index (Phi) is 4.86. The fourth-order valence-electron chi connectivity index (χ4n) is 2.71. The van der Waals surface area contributed by atoms with Gasteiger partial charge in [-0.05, 0) is 55.8 Å². The molecule has 134 valence electrons. The van der Waals surface area contributed by atoms with Crippen molar-refractivity contribution in [1.82, 2.24) is 15.8 Å². The smallest absolute Gasteiger partial charge is 0.273 e. The second kappa shape index (κ2) is 7.09. The number of aromatic amines is 1. The highest BCUT2D eigenvalue weighted by Gasteiger charge is 2.15. The second-order valence-corrected chi connectivity index (χ2v) is 6.32. The van der Waals surface area contributed by atoms with E-state index in [9.17, 15) is 9.59 Å². The number of benzene rings is 2. The monoisotopic (exact) mass is 371 g/mol. The minimum atomic E-state index is -0.499. The Morgan fingerprint density at radius 2 is 1.77 bits per heavy atom. The number of halogens is 1. The van der Waals surface area contributed by atoms with Gasteiger partial charge in [0.1, 0.15) is 5.75 Å². The van der Waals surface area contributed by atoms with Crippen molar-refractivity contribution >= 4 is 34.3 Å². The quantitative estimate of drug-likeness (QED) is 0.616. The summed E-state index contributed by atoms with van der Waals surface area (Å²) in [6.07, 6.45) is 0. The molecule has 7 heteroatoms. The Labute approximate surface area is 155 Å². The Balaban J connectivity index is 1.74. The first-order valence-electron chi connectivity index (χ1n) is 7.94. The third-order valence-electron chi connectivity index (χ3n) is 4.27. The Bertz CT molecular complexity index is 1010. The molecule has 26 heavy (non-hydrogen) atoms. The number of aromatic nitrogens is 1. The highest BCUT2D eigenvalue weighted by molar-refractivity contribution is 6.30. The normalized spacial score (nSPS) is 10.6. The average Bonchev–Trinajstić information content (AvgIpc) is 2.92.